The normalized spacial score (nSPS) is 27.3. The van der Waals surface area contributed by atoms with Gasteiger partial charge in [0.25, 0.3) is 5.91 Å². The van der Waals surface area contributed by atoms with Crippen molar-refractivity contribution in [2.24, 2.45) is 17.6 Å². The maximum atomic E-state index is 14.6. The Bertz CT molecular complexity index is 2200. The number of allylic oxidation sites excluding steroid dienone is 1. The molecule has 4 rings (SSSR count). The van der Waals surface area contributed by atoms with Gasteiger partial charge in [-0.2, -0.15) is 0 Å². The van der Waals surface area contributed by atoms with E-state index in [0.717, 1.165) is 22.8 Å². The molecule has 1 aliphatic carbocycles. The molecule has 29 nitrogen and oxygen atoms in total. The number of hydrogen-bond acceptors (Lipinski definition) is 19. The van der Waals surface area contributed by atoms with Crippen molar-refractivity contribution in [3.05, 3.63) is 12.2 Å². The van der Waals surface area contributed by atoms with Crippen LogP contribution in [0.3, 0.4) is 0 Å². The highest BCUT2D eigenvalue weighted by atomic mass is 16.3. The average Bonchev–Trinajstić information content (AvgIpc) is 3.97. The third-order valence-electron chi connectivity index (χ3n) is 13.2. The SMILES string of the molecule is CC(C)CC(NC(=O)CN)C(=O)NCC(=O)NCCC(=O)NCCC(O)C1NC(=O)C(C(O)C(O)C2C=CC(=O)CC2)NC(=O)C2CC(O)CN2C(=O)C(C(C)O)NC(=O)CCC(O)CNC(=O)C2C(=O)CCN2C1=O. The van der Waals surface area contributed by atoms with Gasteiger partial charge >= 0.3 is 0 Å². The van der Waals surface area contributed by atoms with E-state index in [4.69, 9.17) is 5.73 Å². The van der Waals surface area contributed by atoms with Crippen molar-refractivity contribution in [1.82, 2.24) is 52.3 Å². The molecular weight excluding hydrogens is 1010 g/mol. The number of Topliss-reactive ketones (excluding diaryl/α,β-unsaturated/α-hetero) is 1. The predicted octanol–water partition coefficient (Wildman–Crippen LogP) is -8.54. The Kier molecular flexibility index (Phi) is 23.8. The molecule has 4 aliphatic rings. The summed E-state index contributed by atoms with van der Waals surface area (Å²) in [5, 5.41) is 85.8. The average molecular weight is 1080 g/mol. The summed E-state index contributed by atoms with van der Waals surface area (Å²) in [6.45, 7) is 1.80. The molecule has 0 saturated carbocycles. The van der Waals surface area contributed by atoms with Crippen LogP contribution in [-0.2, 0) is 57.5 Å². The summed E-state index contributed by atoms with van der Waals surface area (Å²) >= 11 is 0. The third-order valence-corrected chi connectivity index (χ3v) is 13.2. The second kappa shape index (κ2) is 29.1. The molecule has 0 aromatic rings. The Labute approximate surface area is 437 Å². The monoisotopic (exact) mass is 1080 g/mol. The minimum Gasteiger partial charge on any atom is -0.391 e. The van der Waals surface area contributed by atoms with Crippen molar-refractivity contribution < 1.29 is 88.2 Å². The molecule has 29 heteroatoms. The second-order valence-corrected chi connectivity index (χ2v) is 19.7. The highest BCUT2D eigenvalue weighted by molar-refractivity contribution is 6.10. The highest BCUT2D eigenvalue weighted by Gasteiger charge is 2.48. The molecule has 13 unspecified atom stereocenters. The molecule has 3 aliphatic heterocycles. The van der Waals surface area contributed by atoms with Gasteiger partial charge in [-0.05, 0) is 44.6 Å². The minimum atomic E-state index is -2.28. The number of carbonyl (C=O) groups is 12. The van der Waals surface area contributed by atoms with E-state index in [1.807, 2.05) is 13.8 Å². The number of nitrogens with zero attached hydrogens (tertiary/aromatic N) is 2. The van der Waals surface area contributed by atoms with E-state index in [1.54, 1.807) is 0 Å². The van der Waals surface area contributed by atoms with Crippen LogP contribution in [0.2, 0.25) is 0 Å². The number of hydrogen-bond donors (Lipinski definition) is 15. The molecule has 0 radical (unpaired) electrons. The molecule has 3 heterocycles. The molecule has 3 saturated heterocycles. The molecule has 16 N–H and O–H groups in total. The third kappa shape index (κ3) is 17.8. The maximum absolute atomic E-state index is 14.6. The first-order valence-corrected chi connectivity index (χ1v) is 25.2. The number of nitrogens with one attached hydrogen (secondary N) is 8. The van der Waals surface area contributed by atoms with Crippen LogP contribution in [0.1, 0.15) is 78.6 Å². The fraction of sp³-hybridized carbons (Fsp3) is 0.702. The van der Waals surface area contributed by atoms with Crippen molar-refractivity contribution in [2.45, 2.75) is 151 Å². The molecule has 0 aromatic heterocycles. The van der Waals surface area contributed by atoms with E-state index in [1.165, 1.54) is 6.08 Å². The fourth-order valence-electron chi connectivity index (χ4n) is 9.02. The first kappa shape index (κ1) is 62.0. The van der Waals surface area contributed by atoms with Crippen molar-refractivity contribution in [1.29, 1.82) is 0 Å². The number of nitrogens with two attached hydrogens (primary N) is 1. The Morgan fingerprint density at radius 3 is 2.05 bits per heavy atom. The number of aliphatic hydroxyl groups excluding tert-OH is 6. The predicted molar refractivity (Wildman–Crippen MR) is 261 cm³/mol. The fourth-order valence-corrected chi connectivity index (χ4v) is 9.02. The molecule has 0 bridgehead atoms. The van der Waals surface area contributed by atoms with E-state index in [0.29, 0.717) is 0 Å². The van der Waals surface area contributed by atoms with E-state index < -0.39 is 196 Å². The van der Waals surface area contributed by atoms with Crippen molar-refractivity contribution in [2.75, 3.05) is 45.8 Å². The number of aliphatic hydroxyl groups is 6. The highest BCUT2D eigenvalue weighted by Crippen LogP contribution is 2.25. The Hall–Kier alpha value is -6.50. The van der Waals surface area contributed by atoms with E-state index in [9.17, 15) is 88.2 Å². The largest absolute Gasteiger partial charge is 0.391 e. The first-order valence-electron chi connectivity index (χ1n) is 25.2. The summed E-state index contributed by atoms with van der Waals surface area (Å²) < 4.78 is 0. The van der Waals surface area contributed by atoms with Crippen molar-refractivity contribution in [3.63, 3.8) is 0 Å². The van der Waals surface area contributed by atoms with Crippen LogP contribution in [0.5, 0.6) is 0 Å². The lowest BCUT2D eigenvalue weighted by Crippen LogP contribution is -2.65. The lowest BCUT2D eigenvalue weighted by atomic mass is 9.85. The van der Waals surface area contributed by atoms with Crippen molar-refractivity contribution in [3.8, 4) is 0 Å². The van der Waals surface area contributed by atoms with Crippen LogP contribution in [0.25, 0.3) is 0 Å². The van der Waals surface area contributed by atoms with Gasteiger partial charge in [0, 0.05) is 70.7 Å². The van der Waals surface area contributed by atoms with Crippen molar-refractivity contribution >= 4 is 70.6 Å². The molecule has 76 heavy (non-hydrogen) atoms. The van der Waals surface area contributed by atoms with E-state index >= 15 is 0 Å². The number of amides is 10. The Morgan fingerprint density at radius 1 is 0.737 bits per heavy atom. The van der Waals surface area contributed by atoms with Gasteiger partial charge in [0.05, 0.1) is 43.6 Å². The summed E-state index contributed by atoms with van der Waals surface area (Å²) in [6, 6.07) is -10.6. The Balaban J connectivity index is 1.60. The van der Waals surface area contributed by atoms with Crippen LogP contribution in [0, 0.1) is 11.8 Å². The summed E-state index contributed by atoms with van der Waals surface area (Å²) in [6.07, 6.45) is -10.5. The van der Waals surface area contributed by atoms with Gasteiger partial charge < -0.3 is 88.7 Å². The van der Waals surface area contributed by atoms with Crippen LogP contribution >= 0.6 is 0 Å². The maximum Gasteiger partial charge on any atom is 0.250 e. The molecular formula is C47H73N11O18. The van der Waals surface area contributed by atoms with Gasteiger partial charge in [0.2, 0.25) is 53.2 Å². The van der Waals surface area contributed by atoms with Gasteiger partial charge in [0.15, 0.2) is 17.6 Å². The zero-order chi connectivity index (χ0) is 56.6. The van der Waals surface area contributed by atoms with Gasteiger partial charge in [-0.15, -0.1) is 0 Å². The topological polar surface area (TPSA) is 455 Å². The summed E-state index contributed by atoms with van der Waals surface area (Å²) in [5.41, 5.74) is 5.34. The minimum absolute atomic E-state index is 0.00407. The quantitative estimate of drug-likeness (QED) is 0.0567. The second-order valence-electron chi connectivity index (χ2n) is 19.7. The van der Waals surface area contributed by atoms with Gasteiger partial charge in [-0.1, -0.05) is 19.9 Å². The van der Waals surface area contributed by atoms with E-state index in [2.05, 4.69) is 42.5 Å². The molecule has 0 spiro atoms. The first-order chi connectivity index (χ1) is 35.8. The van der Waals surface area contributed by atoms with Crippen LogP contribution in [0.4, 0.5) is 0 Å². The lowest BCUT2D eigenvalue weighted by Gasteiger charge is -2.35. The number of fused-ring (bicyclic) bond motifs is 2. The van der Waals surface area contributed by atoms with E-state index in [-0.39, 0.29) is 63.3 Å². The zero-order valence-electron chi connectivity index (χ0n) is 42.6. The van der Waals surface area contributed by atoms with Crippen LogP contribution < -0.4 is 48.3 Å². The summed E-state index contributed by atoms with van der Waals surface area (Å²) in [4.78, 5) is 160. The number of ketones is 2. The zero-order valence-corrected chi connectivity index (χ0v) is 42.6. The lowest BCUT2D eigenvalue weighted by molar-refractivity contribution is -0.148. The number of carbonyl (C=O) groups excluding carboxylic acids is 12. The van der Waals surface area contributed by atoms with Crippen LogP contribution in [-0.4, -0.2) is 230 Å². The smallest absolute Gasteiger partial charge is 0.250 e. The summed E-state index contributed by atoms with van der Waals surface area (Å²) in [7, 11) is 0. The number of β-amino-alcohol motifs (C(OH)–C–C–N with tert-alkyl or cyclic N) is 1. The Morgan fingerprint density at radius 2 is 1.41 bits per heavy atom. The molecule has 424 valence electrons. The summed E-state index contributed by atoms with van der Waals surface area (Å²) in [5.74, 6) is -11.6. The van der Waals surface area contributed by atoms with Gasteiger partial charge in [0.1, 0.15) is 36.3 Å². The van der Waals surface area contributed by atoms with Gasteiger partial charge in [-0.25, -0.2) is 0 Å². The molecule has 3 fully saturated rings. The standard InChI is InChI=1S/C47H73N11O18/c1-22(2)16-28(53-34(67)18-48)42(71)52-20-35(68)50-14-11-32(65)49-13-10-30(63)37-47(76)57-15-12-31(64)39(57)45(74)51-19-26(61)8-9-33(66)54-36(23(3)59)46(75)58-21-27(62)17-29(58)43(72)56-38(44(73)55-37)41(70)40(69)24-4-6-25(60)7-5-24/h4,6,22-24,26-30,36-41,59,61-63,69-70H,5,7-21,48H2,1-3H3,(H,49,65)(H,50,68)(H,51,74)(H,52,71)(H,53,67)(H,54,66)(H,55,73)(H,56,72). The van der Waals surface area contributed by atoms with Gasteiger partial charge in [-0.3, -0.25) is 57.5 Å². The molecule has 10 amide bonds. The molecule has 13 atom stereocenters. The number of rotatable bonds is 18. The van der Waals surface area contributed by atoms with Crippen LogP contribution in [0.15, 0.2) is 12.2 Å². The molecule has 0 aromatic carbocycles.